The van der Waals surface area contributed by atoms with Gasteiger partial charge in [-0.25, -0.2) is 4.79 Å². The summed E-state index contributed by atoms with van der Waals surface area (Å²) in [5.41, 5.74) is 0.803. The zero-order valence-electron chi connectivity index (χ0n) is 12.8. The second-order valence-electron chi connectivity index (χ2n) is 4.47. The first kappa shape index (κ1) is 16.8. The smallest absolute Gasteiger partial charge is 0.347 e. The fourth-order valence-corrected chi connectivity index (χ4v) is 1.38. The number of oxime groups is 1. The number of carbonyl (C=O) groups excluding carboxylic acids is 1. The second-order valence-corrected chi connectivity index (χ2v) is 4.47. The normalized spacial score (nSPS) is 11.2. The van der Waals surface area contributed by atoms with Crippen molar-refractivity contribution in [3.63, 3.8) is 0 Å². The molecule has 1 atom stereocenters. The molecule has 0 bridgehead atoms. The van der Waals surface area contributed by atoms with E-state index in [0.717, 1.165) is 11.5 Å². The van der Waals surface area contributed by atoms with Crippen LogP contribution in [0, 0.1) is 0 Å². The minimum absolute atomic E-state index is 0.131. The number of esters is 1. The van der Waals surface area contributed by atoms with Crippen LogP contribution in [0.2, 0.25) is 0 Å². The summed E-state index contributed by atoms with van der Waals surface area (Å²) in [6.07, 6.45) is -0.699. The van der Waals surface area contributed by atoms with Crippen LogP contribution in [0.15, 0.2) is 29.4 Å². The summed E-state index contributed by atoms with van der Waals surface area (Å²) in [6, 6.07) is 6.97. The van der Waals surface area contributed by atoms with E-state index < -0.39 is 12.1 Å². The molecule has 1 aromatic rings. The van der Waals surface area contributed by atoms with Gasteiger partial charge in [-0.05, 0) is 45.0 Å². The van der Waals surface area contributed by atoms with Gasteiger partial charge in [0.1, 0.15) is 18.1 Å². The molecule has 0 saturated heterocycles. The maximum Gasteiger partial charge on any atom is 0.347 e. The van der Waals surface area contributed by atoms with E-state index in [1.165, 1.54) is 0 Å². The van der Waals surface area contributed by atoms with Crippen LogP contribution in [0.5, 0.6) is 11.5 Å². The van der Waals surface area contributed by atoms with Crippen molar-refractivity contribution < 1.29 is 23.8 Å². The third kappa shape index (κ3) is 6.65. The summed E-state index contributed by atoms with van der Waals surface area (Å²) in [7, 11) is 1.59. The number of benzene rings is 1. The first-order valence-electron chi connectivity index (χ1n) is 6.63. The van der Waals surface area contributed by atoms with Crippen LogP contribution in [-0.2, 0) is 14.4 Å². The van der Waals surface area contributed by atoms with Gasteiger partial charge in [0.05, 0.1) is 12.8 Å². The molecule has 0 radical (unpaired) electrons. The summed E-state index contributed by atoms with van der Waals surface area (Å²) in [5, 5.41) is 3.73. The minimum atomic E-state index is -0.699. The van der Waals surface area contributed by atoms with Gasteiger partial charge in [-0.15, -0.1) is 0 Å². The molecular weight excluding hydrogens is 274 g/mol. The number of methoxy groups -OCH3 is 1. The first-order valence-corrected chi connectivity index (χ1v) is 6.63. The van der Waals surface area contributed by atoms with Gasteiger partial charge in [-0.3, -0.25) is 0 Å². The van der Waals surface area contributed by atoms with E-state index in [-0.39, 0.29) is 13.2 Å². The van der Waals surface area contributed by atoms with E-state index >= 15 is 0 Å². The molecule has 0 aliphatic carbocycles. The highest BCUT2D eigenvalue weighted by Gasteiger charge is 2.16. The molecule has 1 aromatic carbocycles. The van der Waals surface area contributed by atoms with E-state index in [0.29, 0.717) is 5.75 Å². The lowest BCUT2D eigenvalue weighted by Gasteiger charge is -2.14. The fraction of sp³-hybridized carbons (Fsp3) is 0.467. The van der Waals surface area contributed by atoms with Gasteiger partial charge in [-0.1, -0.05) is 5.16 Å². The maximum atomic E-state index is 11.7. The summed E-state index contributed by atoms with van der Waals surface area (Å²) in [5.74, 6) is 0.843. The average molecular weight is 295 g/mol. The maximum absolute atomic E-state index is 11.7. The van der Waals surface area contributed by atoms with Gasteiger partial charge < -0.3 is 19.0 Å². The molecule has 0 spiro atoms. The third-order valence-electron chi connectivity index (χ3n) is 2.37. The lowest BCUT2D eigenvalue weighted by molar-refractivity contribution is -0.152. The number of ether oxygens (including phenoxy) is 3. The topological polar surface area (TPSA) is 66.4 Å². The van der Waals surface area contributed by atoms with E-state index in [1.54, 1.807) is 38.3 Å². The van der Waals surface area contributed by atoms with E-state index in [2.05, 4.69) is 5.16 Å². The molecule has 0 aliphatic heterocycles. The van der Waals surface area contributed by atoms with Crippen LogP contribution in [0.25, 0.3) is 0 Å². The molecule has 0 heterocycles. The number of hydrogen-bond donors (Lipinski definition) is 0. The Morgan fingerprint density at radius 2 is 1.76 bits per heavy atom. The Morgan fingerprint density at radius 3 is 2.33 bits per heavy atom. The number of nitrogens with zero attached hydrogens (tertiary/aromatic N) is 1. The SMILES string of the molecule is COc1ccc(O[C@H](C)C(=O)OCCON=C(C)C)cc1. The predicted molar refractivity (Wildman–Crippen MR) is 78.8 cm³/mol. The van der Waals surface area contributed by atoms with Crippen LogP contribution in [0.1, 0.15) is 20.8 Å². The summed E-state index contributed by atoms with van der Waals surface area (Å²) in [6.45, 7) is 5.60. The minimum Gasteiger partial charge on any atom is -0.497 e. The molecule has 6 nitrogen and oxygen atoms in total. The number of carbonyl (C=O) groups is 1. The average Bonchev–Trinajstić information content (AvgIpc) is 2.47. The first-order chi connectivity index (χ1) is 10.0. The molecule has 116 valence electrons. The molecular formula is C15H21NO5. The Labute approximate surface area is 124 Å². The molecule has 1 rings (SSSR count). The molecule has 6 heteroatoms. The van der Waals surface area contributed by atoms with Crippen LogP contribution in [0.3, 0.4) is 0 Å². The van der Waals surface area contributed by atoms with Gasteiger partial charge in [-0.2, -0.15) is 0 Å². The number of rotatable bonds is 8. The van der Waals surface area contributed by atoms with Gasteiger partial charge in [0, 0.05) is 0 Å². The van der Waals surface area contributed by atoms with Crippen LogP contribution in [0.4, 0.5) is 0 Å². The third-order valence-corrected chi connectivity index (χ3v) is 2.37. The Bertz CT molecular complexity index is 465. The largest absolute Gasteiger partial charge is 0.497 e. The van der Waals surface area contributed by atoms with Gasteiger partial charge in [0.25, 0.3) is 0 Å². The Morgan fingerprint density at radius 1 is 1.14 bits per heavy atom. The van der Waals surface area contributed by atoms with Crippen molar-refractivity contribution in [2.75, 3.05) is 20.3 Å². The van der Waals surface area contributed by atoms with Crippen LogP contribution < -0.4 is 9.47 Å². The highest BCUT2D eigenvalue weighted by atomic mass is 16.6. The summed E-state index contributed by atoms with van der Waals surface area (Å²) >= 11 is 0. The zero-order chi connectivity index (χ0) is 15.7. The van der Waals surface area contributed by atoms with Crippen molar-refractivity contribution in [3.05, 3.63) is 24.3 Å². The second kappa shape index (κ2) is 8.84. The zero-order valence-corrected chi connectivity index (χ0v) is 12.8. The van der Waals surface area contributed by atoms with Crippen LogP contribution >= 0.6 is 0 Å². The van der Waals surface area contributed by atoms with Crippen LogP contribution in [-0.4, -0.2) is 38.1 Å². The Hall–Kier alpha value is -2.24. The fourth-order valence-electron chi connectivity index (χ4n) is 1.38. The van der Waals surface area contributed by atoms with Crippen molar-refractivity contribution in [1.82, 2.24) is 0 Å². The Kier molecular flexibility index (Phi) is 7.08. The standard InChI is InChI=1S/C15H21NO5/c1-11(2)16-20-10-9-19-15(17)12(3)21-14-7-5-13(18-4)6-8-14/h5-8,12H,9-10H2,1-4H3/t12-/m1/s1. The van der Waals surface area contributed by atoms with Crippen molar-refractivity contribution >= 4 is 11.7 Å². The molecule has 0 fully saturated rings. The quantitative estimate of drug-likeness (QED) is 0.319. The van der Waals surface area contributed by atoms with Gasteiger partial charge >= 0.3 is 5.97 Å². The molecule has 21 heavy (non-hydrogen) atoms. The van der Waals surface area contributed by atoms with E-state index in [9.17, 15) is 4.79 Å². The van der Waals surface area contributed by atoms with Crippen molar-refractivity contribution in [1.29, 1.82) is 0 Å². The summed E-state index contributed by atoms with van der Waals surface area (Å²) in [4.78, 5) is 16.6. The van der Waals surface area contributed by atoms with Crippen molar-refractivity contribution in [2.45, 2.75) is 26.9 Å². The molecule has 0 aliphatic rings. The molecule has 0 aromatic heterocycles. The van der Waals surface area contributed by atoms with Gasteiger partial charge in [0.15, 0.2) is 12.7 Å². The molecule has 0 amide bonds. The van der Waals surface area contributed by atoms with E-state index in [1.807, 2.05) is 13.8 Å². The molecule has 0 unspecified atom stereocenters. The summed E-state index contributed by atoms with van der Waals surface area (Å²) < 4.78 is 15.5. The highest BCUT2D eigenvalue weighted by Crippen LogP contribution is 2.18. The molecule has 0 saturated carbocycles. The monoisotopic (exact) mass is 295 g/mol. The van der Waals surface area contributed by atoms with E-state index in [4.69, 9.17) is 19.0 Å². The molecule has 0 N–H and O–H groups in total. The Balaban J connectivity index is 2.31. The lowest BCUT2D eigenvalue weighted by atomic mass is 10.3. The van der Waals surface area contributed by atoms with Crippen molar-refractivity contribution in [3.8, 4) is 11.5 Å². The number of hydrogen-bond acceptors (Lipinski definition) is 6. The van der Waals surface area contributed by atoms with Crippen molar-refractivity contribution in [2.24, 2.45) is 5.16 Å². The van der Waals surface area contributed by atoms with Gasteiger partial charge in [0.2, 0.25) is 0 Å². The highest BCUT2D eigenvalue weighted by molar-refractivity contribution is 5.78. The lowest BCUT2D eigenvalue weighted by Crippen LogP contribution is -2.27. The predicted octanol–water partition coefficient (Wildman–Crippen LogP) is 2.42.